The summed E-state index contributed by atoms with van der Waals surface area (Å²) >= 11 is 5.92. The molecule has 0 amide bonds. The molecule has 2 rings (SSSR count). The van der Waals surface area contributed by atoms with Crippen LogP contribution in [0.2, 0.25) is 5.02 Å². The molecule has 0 aromatic heterocycles. The van der Waals surface area contributed by atoms with Crippen molar-refractivity contribution in [1.82, 2.24) is 0 Å². The van der Waals surface area contributed by atoms with Gasteiger partial charge in [-0.25, -0.2) is 0 Å². The summed E-state index contributed by atoms with van der Waals surface area (Å²) in [4.78, 5) is 11.9. The highest BCUT2D eigenvalue weighted by atomic mass is 35.5. The van der Waals surface area contributed by atoms with Gasteiger partial charge in [0.05, 0.1) is 13.2 Å². The maximum atomic E-state index is 11.9. The molecule has 122 valence electrons. The molecule has 2 aromatic carbocycles. The third-order valence-electron chi connectivity index (χ3n) is 3.64. The number of anilines is 1. The summed E-state index contributed by atoms with van der Waals surface area (Å²) in [6, 6.07) is 13.8. The highest BCUT2D eigenvalue weighted by Gasteiger charge is 2.26. The van der Waals surface area contributed by atoms with Crippen molar-refractivity contribution >= 4 is 23.1 Å². The maximum absolute atomic E-state index is 11.9. The number of benzene rings is 2. The average molecular weight is 334 g/mol. The van der Waals surface area contributed by atoms with E-state index in [-0.39, 0.29) is 12.2 Å². The molecule has 2 N–H and O–H groups in total. The number of Topliss-reactive ketones (excluding diaryl/α,β-unsaturated/α-hetero) is 1. The third kappa shape index (κ3) is 4.47. The number of carbonyl (C=O) groups excluding carboxylic acids is 1. The first kappa shape index (κ1) is 17.3. The molecular weight excluding hydrogens is 314 g/mol. The molecule has 0 bridgehead atoms. The van der Waals surface area contributed by atoms with Crippen LogP contribution in [0.3, 0.4) is 0 Å². The minimum atomic E-state index is -1.14. The quantitative estimate of drug-likeness (QED) is 0.808. The molecule has 0 aliphatic rings. The van der Waals surface area contributed by atoms with Gasteiger partial charge < -0.3 is 15.2 Å². The summed E-state index contributed by atoms with van der Waals surface area (Å²) in [6.07, 6.45) is -0.862. The molecule has 2 atom stereocenters. The number of carbonyl (C=O) groups is 1. The van der Waals surface area contributed by atoms with Crippen molar-refractivity contribution in [2.45, 2.75) is 25.5 Å². The van der Waals surface area contributed by atoms with Gasteiger partial charge in [0, 0.05) is 17.1 Å². The van der Waals surface area contributed by atoms with Gasteiger partial charge in [0.2, 0.25) is 0 Å². The van der Waals surface area contributed by atoms with E-state index in [0.717, 1.165) is 17.0 Å². The van der Waals surface area contributed by atoms with Crippen LogP contribution in [0, 0.1) is 0 Å². The zero-order valence-corrected chi connectivity index (χ0v) is 13.9. The second-order valence-corrected chi connectivity index (χ2v) is 5.60. The van der Waals surface area contributed by atoms with Crippen LogP contribution in [-0.4, -0.2) is 24.1 Å². The van der Waals surface area contributed by atoms with Gasteiger partial charge in [-0.15, -0.1) is 0 Å². The molecule has 4 nitrogen and oxygen atoms in total. The Kier molecular flexibility index (Phi) is 6.02. The Hall–Kier alpha value is -2.04. The number of ether oxygens (including phenoxy) is 1. The Bertz CT molecular complexity index is 640. The van der Waals surface area contributed by atoms with Gasteiger partial charge in [0.15, 0.2) is 5.78 Å². The molecular formula is C18H20ClNO3. The first-order chi connectivity index (χ1) is 11.0. The number of methoxy groups -OCH3 is 1. The molecule has 0 heterocycles. The predicted octanol–water partition coefficient (Wildman–Crippen LogP) is 3.84. The fourth-order valence-corrected chi connectivity index (χ4v) is 2.40. The minimum Gasteiger partial charge on any atom is -0.497 e. The molecule has 0 unspecified atom stereocenters. The van der Waals surface area contributed by atoms with Crippen molar-refractivity contribution in [3.8, 4) is 5.75 Å². The minimum absolute atomic E-state index is 0.217. The van der Waals surface area contributed by atoms with E-state index in [2.05, 4.69) is 5.32 Å². The van der Waals surface area contributed by atoms with E-state index in [1.807, 2.05) is 24.3 Å². The van der Waals surface area contributed by atoms with E-state index in [1.165, 1.54) is 0 Å². The number of hydrogen-bond acceptors (Lipinski definition) is 4. The molecule has 0 fully saturated rings. The molecule has 0 saturated carbocycles. The Balaban J connectivity index is 2.28. The van der Waals surface area contributed by atoms with Crippen LogP contribution in [-0.2, 0) is 4.79 Å². The van der Waals surface area contributed by atoms with Gasteiger partial charge in [-0.05, 0) is 42.0 Å². The van der Waals surface area contributed by atoms with E-state index in [4.69, 9.17) is 16.3 Å². The predicted molar refractivity (Wildman–Crippen MR) is 92.1 cm³/mol. The molecule has 2 aromatic rings. The van der Waals surface area contributed by atoms with Crippen molar-refractivity contribution in [1.29, 1.82) is 0 Å². The van der Waals surface area contributed by atoms with Crippen LogP contribution in [0.1, 0.15) is 24.9 Å². The second-order valence-electron chi connectivity index (χ2n) is 5.17. The van der Waals surface area contributed by atoms with Gasteiger partial charge in [-0.1, -0.05) is 30.7 Å². The summed E-state index contributed by atoms with van der Waals surface area (Å²) in [5.41, 5.74) is 1.58. The zero-order chi connectivity index (χ0) is 16.8. The van der Waals surface area contributed by atoms with Crippen molar-refractivity contribution in [2.75, 3.05) is 12.4 Å². The fraction of sp³-hybridized carbons (Fsp3) is 0.278. The van der Waals surface area contributed by atoms with E-state index < -0.39 is 12.1 Å². The van der Waals surface area contributed by atoms with Crippen molar-refractivity contribution in [3.05, 3.63) is 59.1 Å². The highest BCUT2D eigenvalue weighted by Crippen LogP contribution is 2.26. The largest absolute Gasteiger partial charge is 0.497 e. The van der Waals surface area contributed by atoms with Crippen LogP contribution in [0.5, 0.6) is 5.75 Å². The van der Waals surface area contributed by atoms with Gasteiger partial charge in [-0.3, -0.25) is 4.79 Å². The molecule has 0 saturated heterocycles. The van der Waals surface area contributed by atoms with Crippen LogP contribution >= 0.6 is 11.6 Å². The first-order valence-electron chi connectivity index (χ1n) is 7.42. The van der Waals surface area contributed by atoms with Crippen molar-refractivity contribution in [2.24, 2.45) is 0 Å². The van der Waals surface area contributed by atoms with Crippen LogP contribution in [0.4, 0.5) is 5.69 Å². The monoisotopic (exact) mass is 333 g/mol. The van der Waals surface area contributed by atoms with E-state index in [0.29, 0.717) is 5.02 Å². The van der Waals surface area contributed by atoms with Gasteiger partial charge in [0.25, 0.3) is 0 Å². The summed E-state index contributed by atoms with van der Waals surface area (Å²) in [5.74, 6) is 0.523. The number of aliphatic hydroxyl groups excluding tert-OH is 1. The number of halogens is 1. The summed E-state index contributed by atoms with van der Waals surface area (Å²) in [5, 5.41) is 14.2. The molecule has 5 heteroatoms. The van der Waals surface area contributed by atoms with Gasteiger partial charge in [0.1, 0.15) is 11.9 Å². The number of aliphatic hydroxyl groups is 1. The SMILES string of the molecule is CCC(=O)[C@H](O)[C@H](Nc1ccc(OC)cc1)c1ccc(Cl)cc1. The first-order valence-corrected chi connectivity index (χ1v) is 7.79. The summed E-state index contributed by atoms with van der Waals surface area (Å²) in [7, 11) is 1.60. The summed E-state index contributed by atoms with van der Waals surface area (Å²) in [6.45, 7) is 1.73. The lowest BCUT2D eigenvalue weighted by Gasteiger charge is -2.25. The van der Waals surface area contributed by atoms with E-state index in [1.54, 1.807) is 38.3 Å². The van der Waals surface area contributed by atoms with Crippen LogP contribution in [0.25, 0.3) is 0 Å². The topological polar surface area (TPSA) is 58.6 Å². The lowest BCUT2D eigenvalue weighted by Crippen LogP contribution is -2.32. The number of rotatable bonds is 7. The normalized spacial score (nSPS) is 13.2. The van der Waals surface area contributed by atoms with Crippen LogP contribution < -0.4 is 10.1 Å². The Morgan fingerprint density at radius 1 is 1.17 bits per heavy atom. The second kappa shape index (κ2) is 7.99. The third-order valence-corrected chi connectivity index (χ3v) is 3.89. The fourth-order valence-electron chi connectivity index (χ4n) is 2.28. The smallest absolute Gasteiger partial charge is 0.163 e. The highest BCUT2D eigenvalue weighted by molar-refractivity contribution is 6.30. The Morgan fingerprint density at radius 2 is 1.78 bits per heavy atom. The molecule has 23 heavy (non-hydrogen) atoms. The number of hydrogen-bond donors (Lipinski definition) is 2. The maximum Gasteiger partial charge on any atom is 0.163 e. The van der Waals surface area contributed by atoms with Gasteiger partial charge >= 0.3 is 0 Å². The van der Waals surface area contributed by atoms with Crippen LogP contribution in [0.15, 0.2) is 48.5 Å². The zero-order valence-electron chi connectivity index (χ0n) is 13.1. The standard InChI is InChI=1S/C18H20ClNO3/c1-3-16(21)18(22)17(12-4-6-13(19)7-5-12)20-14-8-10-15(23-2)11-9-14/h4-11,17-18,20,22H,3H2,1-2H3/t17-,18+/m1/s1. The molecule has 0 spiro atoms. The lowest BCUT2D eigenvalue weighted by atomic mass is 9.97. The Labute approximate surface area is 141 Å². The van der Waals surface area contributed by atoms with Crippen molar-refractivity contribution < 1.29 is 14.6 Å². The van der Waals surface area contributed by atoms with E-state index in [9.17, 15) is 9.90 Å². The van der Waals surface area contributed by atoms with E-state index >= 15 is 0 Å². The molecule has 0 aliphatic heterocycles. The van der Waals surface area contributed by atoms with Crippen molar-refractivity contribution in [3.63, 3.8) is 0 Å². The average Bonchev–Trinajstić information content (AvgIpc) is 2.59. The number of nitrogens with one attached hydrogen (secondary N) is 1. The Morgan fingerprint density at radius 3 is 2.30 bits per heavy atom. The number of ketones is 1. The summed E-state index contributed by atoms with van der Waals surface area (Å²) < 4.78 is 5.13. The van der Waals surface area contributed by atoms with Gasteiger partial charge in [-0.2, -0.15) is 0 Å². The molecule has 0 radical (unpaired) electrons. The lowest BCUT2D eigenvalue weighted by molar-refractivity contribution is -0.127. The molecule has 0 aliphatic carbocycles.